The summed E-state index contributed by atoms with van der Waals surface area (Å²) in [6.07, 6.45) is 1.27. The zero-order valence-electron chi connectivity index (χ0n) is 9.90. The summed E-state index contributed by atoms with van der Waals surface area (Å²) in [4.78, 5) is 0. The molecule has 0 amide bonds. The quantitative estimate of drug-likeness (QED) is 0.792. The van der Waals surface area contributed by atoms with E-state index in [4.69, 9.17) is 0 Å². The van der Waals surface area contributed by atoms with Gasteiger partial charge in [-0.05, 0) is 22.6 Å². The van der Waals surface area contributed by atoms with Crippen molar-refractivity contribution in [1.29, 1.82) is 0 Å². The second-order valence-electron chi connectivity index (χ2n) is 4.71. The van der Waals surface area contributed by atoms with Gasteiger partial charge in [-0.15, -0.1) is 0 Å². The van der Waals surface area contributed by atoms with Crippen molar-refractivity contribution in [2.45, 2.75) is 32.9 Å². The van der Waals surface area contributed by atoms with Crippen LogP contribution in [0, 0.1) is 0 Å². The van der Waals surface area contributed by atoms with Crippen LogP contribution in [0.1, 0.15) is 36.5 Å². The van der Waals surface area contributed by atoms with E-state index in [9.17, 15) is 8.42 Å². The van der Waals surface area contributed by atoms with Gasteiger partial charge < -0.3 is 0 Å². The predicted molar refractivity (Wildman–Crippen MR) is 64.6 cm³/mol. The van der Waals surface area contributed by atoms with Crippen LogP contribution in [0.3, 0.4) is 0 Å². The Hall–Kier alpha value is -0.870. The molecule has 0 aliphatic carbocycles. The van der Waals surface area contributed by atoms with E-state index < -0.39 is 10.0 Å². The Labute approximate surface area is 97.1 Å². The lowest BCUT2D eigenvalue weighted by Gasteiger charge is -2.10. The van der Waals surface area contributed by atoms with Crippen LogP contribution >= 0.6 is 0 Å². The van der Waals surface area contributed by atoms with Crippen LogP contribution in [-0.2, 0) is 23.1 Å². The summed E-state index contributed by atoms with van der Waals surface area (Å²) in [6.45, 7) is 5.33. The highest BCUT2D eigenvalue weighted by molar-refractivity contribution is 7.88. The average molecular weight is 239 g/mol. The SMILES string of the molecule is CC(C)c1ccc2c(c1)CN(S(C)(=O)=O)C2. The minimum atomic E-state index is -3.07. The summed E-state index contributed by atoms with van der Waals surface area (Å²) in [6, 6.07) is 6.27. The molecule has 0 spiro atoms. The van der Waals surface area contributed by atoms with Gasteiger partial charge in [-0.2, -0.15) is 4.31 Å². The van der Waals surface area contributed by atoms with Crippen molar-refractivity contribution in [3.63, 3.8) is 0 Å². The van der Waals surface area contributed by atoms with Crippen LogP contribution in [-0.4, -0.2) is 19.0 Å². The van der Waals surface area contributed by atoms with Gasteiger partial charge in [0.25, 0.3) is 0 Å². The van der Waals surface area contributed by atoms with E-state index in [0.717, 1.165) is 11.1 Å². The van der Waals surface area contributed by atoms with E-state index in [2.05, 4.69) is 32.0 Å². The van der Waals surface area contributed by atoms with E-state index in [1.807, 2.05) is 0 Å². The maximum absolute atomic E-state index is 11.4. The van der Waals surface area contributed by atoms with Crippen molar-refractivity contribution >= 4 is 10.0 Å². The number of rotatable bonds is 2. The molecule has 1 aromatic carbocycles. The largest absolute Gasteiger partial charge is 0.212 e. The van der Waals surface area contributed by atoms with E-state index in [-0.39, 0.29) is 0 Å². The highest BCUT2D eigenvalue weighted by atomic mass is 32.2. The van der Waals surface area contributed by atoms with E-state index in [1.165, 1.54) is 16.1 Å². The minimum absolute atomic E-state index is 0.484. The van der Waals surface area contributed by atoms with Crippen molar-refractivity contribution in [1.82, 2.24) is 4.31 Å². The number of benzene rings is 1. The number of nitrogens with zero attached hydrogens (tertiary/aromatic N) is 1. The summed E-state index contributed by atoms with van der Waals surface area (Å²) in [7, 11) is -3.07. The fraction of sp³-hybridized carbons (Fsp3) is 0.500. The molecule has 16 heavy (non-hydrogen) atoms. The zero-order valence-corrected chi connectivity index (χ0v) is 10.7. The van der Waals surface area contributed by atoms with Crippen LogP contribution in [0.15, 0.2) is 18.2 Å². The topological polar surface area (TPSA) is 37.4 Å². The maximum Gasteiger partial charge on any atom is 0.211 e. The summed E-state index contributed by atoms with van der Waals surface area (Å²) >= 11 is 0. The molecule has 0 fully saturated rings. The van der Waals surface area contributed by atoms with Crippen molar-refractivity contribution in [2.75, 3.05) is 6.26 Å². The molecular formula is C12H17NO2S. The summed E-state index contributed by atoms with van der Waals surface area (Å²) in [5, 5.41) is 0. The molecule has 3 nitrogen and oxygen atoms in total. The fourth-order valence-electron chi connectivity index (χ4n) is 1.98. The minimum Gasteiger partial charge on any atom is -0.212 e. The molecule has 4 heteroatoms. The molecule has 0 bridgehead atoms. The molecule has 1 aliphatic heterocycles. The number of sulfonamides is 1. The van der Waals surface area contributed by atoms with Crippen molar-refractivity contribution in [3.8, 4) is 0 Å². The third kappa shape index (κ3) is 2.13. The number of hydrogen-bond donors (Lipinski definition) is 0. The highest BCUT2D eigenvalue weighted by Gasteiger charge is 2.25. The van der Waals surface area contributed by atoms with Crippen molar-refractivity contribution < 1.29 is 8.42 Å². The molecule has 0 saturated heterocycles. The summed E-state index contributed by atoms with van der Waals surface area (Å²) < 4.78 is 24.4. The van der Waals surface area contributed by atoms with Gasteiger partial charge in [0, 0.05) is 13.1 Å². The lowest BCUT2D eigenvalue weighted by Crippen LogP contribution is -2.23. The average Bonchev–Trinajstić information content (AvgIpc) is 2.58. The van der Waals surface area contributed by atoms with Gasteiger partial charge in [-0.3, -0.25) is 0 Å². The molecule has 0 N–H and O–H groups in total. The van der Waals surface area contributed by atoms with E-state index in [0.29, 0.717) is 19.0 Å². The lowest BCUT2D eigenvalue weighted by molar-refractivity contribution is 0.436. The normalized spacial score (nSPS) is 16.8. The molecule has 1 heterocycles. The Morgan fingerprint density at radius 1 is 1.19 bits per heavy atom. The molecule has 1 aliphatic rings. The van der Waals surface area contributed by atoms with Crippen LogP contribution in [0.2, 0.25) is 0 Å². The zero-order chi connectivity index (χ0) is 11.9. The third-order valence-corrected chi connectivity index (χ3v) is 4.26. The molecule has 0 unspecified atom stereocenters. The monoisotopic (exact) mass is 239 g/mol. The molecular weight excluding hydrogens is 222 g/mol. The molecule has 0 aromatic heterocycles. The van der Waals surface area contributed by atoms with Gasteiger partial charge in [0.2, 0.25) is 10.0 Å². The molecule has 0 atom stereocenters. The fourth-order valence-corrected chi connectivity index (χ4v) is 2.72. The standard InChI is InChI=1S/C12H17NO2S/c1-9(2)10-4-5-11-7-13(16(3,14)15)8-12(11)6-10/h4-6,9H,7-8H2,1-3H3. The first kappa shape index (κ1) is 11.6. The Morgan fingerprint density at radius 2 is 1.81 bits per heavy atom. The first-order chi connectivity index (χ1) is 7.38. The van der Waals surface area contributed by atoms with Crippen molar-refractivity contribution in [3.05, 3.63) is 34.9 Å². The second-order valence-corrected chi connectivity index (χ2v) is 6.70. The van der Waals surface area contributed by atoms with Gasteiger partial charge >= 0.3 is 0 Å². The molecule has 88 valence electrons. The van der Waals surface area contributed by atoms with E-state index in [1.54, 1.807) is 0 Å². The summed E-state index contributed by atoms with van der Waals surface area (Å²) in [5.74, 6) is 0.484. The number of hydrogen-bond acceptors (Lipinski definition) is 2. The van der Waals surface area contributed by atoms with Crippen LogP contribution in [0.5, 0.6) is 0 Å². The maximum atomic E-state index is 11.4. The van der Waals surface area contributed by atoms with Gasteiger partial charge in [0.1, 0.15) is 0 Å². The Morgan fingerprint density at radius 3 is 2.38 bits per heavy atom. The molecule has 0 saturated carbocycles. The van der Waals surface area contributed by atoms with Gasteiger partial charge in [-0.25, -0.2) is 8.42 Å². The number of fused-ring (bicyclic) bond motifs is 1. The predicted octanol–water partition coefficient (Wildman–Crippen LogP) is 2.09. The summed E-state index contributed by atoms with van der Waals surface area (Å²) in [5.41, 5.74) is 3.56. The van der Waals surface area contributed by atoms with Crippen molar-refractivity contribution in [2.24, 2.45) is 0 Å². The van der Waals surface area contributed by atoms with Gasteiger partial charge in [0.05, 0.1) is 6.26 Å². The van der Waals surface area contributed by atoms with Crippen LogP contribution in [0.25, 0.3) is 0 Å². The van der Waals surface area contributed by atoms with Gasteiger partial charge in [0.15, 0.2) is 0 Å². The molecule has 2 rings (SSSR count). The lowest BCUT2D eigenvalue weighted by atomic mass is 9.99. The highest BCUT2D eigenvalue weighted by Crippen LogP contribution is 2.27. The smallest absolute Gasteiger partial charge is 0.211 e. The Kier molecular flexibility index (Phi) is 2.80. The Bertz CT molecular complexity index is 506. The van der Waals surface area contributed by atoms with Crippen LogP contribution < -0.4 is 0 Å². The third-order valence-electron chi connectivity index (χ3n) is 3.06. The molecule has 1 aromatic rings. The first-order valence-electron chi connectivity index (χ1n) is 5.45. The Balaban J connectivity index is 2.32. The molecule has 0 radical (unpaired) electrons. The second kappa shape index (κ2) is 3.86. The first-order valence-corrected chi connectivity index (χ1v) is 7.29. The van der Waals surface area contributed by atoms with E-state index >= 15 is 0 Å². The van der Waals surface area contributed by atoms with Crippen LogP contribution in [0.4, 0.5) is 0 Å². The van der Waals surface area contributed by atoms with Gasteiger partial charge in [-0.1, -0.05) is 32.0 Å².